The third kappa shape index (κ3) is 1.89. The highest BCUT2D eigenvalue weighted by molar-refractivity contribution is 5.62. The molecule has 2 unspecified atom stereocenters. The summed E-state index contributed by atoms with van der Waals surface area (Å²) in [5, 5.41) is 7.42. The van der Waals surface area contributed by atoms with Crippen molar-refractivity contribution in [2.45, 2.75) is 53.0 Å². The summed E-state index contributed by atoms with van der Waals surface area (Å²) in [4.78, 5) is 9.00. The van der Waals surface area contributed by atoms with Gasteiger partial charge in [-0.15, -0.1) is 0 Å². The van der Waals surface area contributed by atoms with Crippen LogP contribution in [-0.2, 0) is 4.79 Å². The lowest BCUT2D eigenvalue weighted by Gasteiger charge is -2.37. The molecule has 0 aromatic rings. The monoisotopic (exact) mass is 213 g/mol. The number of carboxylic acid groups (broad SMARTS) is 1. The minimum absolute atomic E-state index is 0.442. The zero-order valence-electron chi connectivity index (χ0n) is 10.2. The lowest BCUT2D eigenvalue weighted by molar-refractivity contribution is -0.134. The molecular weight excluding hydrogens is 190 g/mol. The number of fused-ring (bicyclic) bond motifs is 2. The van der Waals surface area contributed by atoms with Gasteiger partial charge in [0.2, 0.25) is 0 Å². The van der Waals surface area contributed by atoms with Crippen molar-refractivity contribution in [1.29, 1.82) is 0 Å². The van der Waals surface area contributed by atoms with E-state index < -0.39 is 5.97 Å². The number of carbonyl (C=O) groups is 1. The number of hydrogen-bond acceptors (Lipinski definition) is 2. The quantitative estimate of drug-likeness (QED) is 0.648. The van der Waals surface area contributed by atoms with Crippen LogP contribution in [0.3, 0.4) is 0 Å². The van der Waals surface area contributed by atoms with Gasteiger partial charge in [0.25, 0.3) is 5.97 Å². The average Bonchev–Trinajstić information content (AvgIpc) is 2.36. The van der Waals surface area contributed by atoms with Crippen molar-refractivity contribution in [2.24, 2.45) is 22.5 Å². The van der Waals surface area contributed by atoms with Crippen LogP contribution < -0.4 is 5.73 Å². The van der Waals surface area contributed by atoms with Crippen LogP contribution in [0.5, 0.6) is 0 Å². The molecular formula is C12H23NO2. The molecule has 2 aliphatic carbocycles. The summed E-state index contributed by atoms with van der Waals surface area (Å²) in [6.07, 6.45) is 4.03. The highest BCUT2D eigenvalue weighted by Crippen LogP contribution is 2.64. The van der Waals surface area contributed by atoms with Gasteiger partial charge in [0.1, 0.15) is 0 Å². The first kappa shape index (κ1) is 12.5. The van der Waals surface area contributed by atoms with Gasteiger partial charge in [0.05, 0.1) is 0 Å². The lowest BCUT2D eigenvalue weighted by Crippen LogP contribution is -2.40. The summed E-state index contributed by atoms with van der Waals surface area (Å²) in [6, 6.07) is 0.469. The fourth-order valence-corrected chi connectivity index (χ4v) is 3.27. The minimum atomic E-state index is -0.833. The summed E-state index contributed by atoms with van der Waals surface area (Å²) >= 11 is 0. The molecule has 3 N–H and O–H groups in total. The van der Waals surface area contributed by atoms with E-state index in [1.165, 1.54) is 19.3 Å². The van der Waals surface area contributed by atoms with Crippen LogP contribution in [0.15, 0.2) is 0 Å². The summed E-state index contributed by atoms with van der Waals surface area (Å²) in [5.74, 6) is 0.0718. The van der Waals surface area contributed by atoms with Crippen LogP contribution >= 0.6 is 0 Å². The Labute approximate surface area is 92.0 Å². The molecule has 3 nitrogen and oxygen atoms in total. The number of carboxylic acids is 1. The van der Waals surface area contributed by atoms with Gasteiger partial charge in [0, 0.05) is 13.0 Å². The van der Waals surface area contributed by atoms with Gasteiger partial charge in [-0.25, -0.2) is 0 Å². The molecule has 0 aromatic carbocycles. The first-order valence-electron chi connectivity index (χ1n) is 5.67. The van der Waals surface area contributed by atoms with Crippen molar-refractivity contribution >= 4 is 5.97 Å². The van der Waals surface area contributed by atoms with E-state index in [1.54, 1.807) is 0 Å². The maximum atomic E-state index is 9.00. The van der Waals surface area contributed by atoms with E-state index in [9.17, 15) is 0 Å². The third-order valence-electron chi connectivity index (χ3n) is 4.86. The van der Waals surface area contributed by atoms with Crippen molar-refractivity contribution in [3.63, 3.8) is 0 Å². The van der Waals surface area contributed by atoms with E-state index in [4.69, 9.17) is 15.6 Å². The molecule has 0 amide bonds. The Morgan fingerprint density at radius 3 is 2.00 bits per heavy atom. The van der Waals surface area contributed by atoms with Crippen molar-refractivity contribution in [1.82, 2.24) is 0 Å². The Kier molecular flexibility index (Phi) is 3.15. The molecule has 0 spiro atoms. The Morgan fingerprint density at radius 2 is 1.87 bits per heavy atom. The predicted octanol–water partition coefficient (Wildman–Crippen LogP) is 2.25. The van der Waals surface area contributed by atoms with Crippen LogP contribution in [0.2, 0.25) is 0 Å². The topological polar surface area (TPSA) is 63.3 Å². The van der Waals surface area contributed by atoms with Gasteiger partial charge >= 0.3 is 0 Å². The third-order valence-corrected chi connectivity index (χ3v) is 4.86. The molecule has 2 rings (SSSR count). The Balaban J connectivity index is 0.000000245. The Hall–Kier alpha value is -0.570. The summed E-state index contributed by atoms with van der Waals surface area (Å²) in [6.45, 7) is 8.26. The number of nitrogens with two attached hydrogens (primary N) is 1. The standard InChI is InChI=1S/C10H19N.C2H4O2/c1-9(2)7-4-5-10(9,3)8(11)6-7;1-2(3)4/h7-8H,4-6,11H2,1-3H3;1H3,(H,3,4)/t7?,8?,10-;/m0./s1. The molecule has 3 atom stereocenters. The van der Waals surface area contributed by atoms with Crippen LogP contribution in [-0.4, -0.2) is 17.1 Å². The molecule has 88 valence electrons. The molecule has 2 fully saturated rings. The minimum Gasteiger partial charge on any atom is -0.481 e. The SMILES string of the molecule is CC(=O)O.CC1(C)C2CC[C@@]1(C)C(N)C2. The van der Waals surface area contributed by atoms with E-state index in [2.05, 4.69) is 20.8 Å². The number of hydrogen-bond donors (Lipinski definition) is 2. The lowest BCUT2D eigenvalue weighted by atomic mass is 9.69. The van der Waals surface area contributed by atoms with Gasteiger partial charge in [-0.3, -0.25) is 4.79 Å². The van der Waals surface area contributed by atoms with Crippen molar-refractivity contribution < 1.29 is 9.90 Å². The molecule has 15 heavy (non-hydrogen) atoms. The molecule has 0 radical (unpaired) electrons. The highest BCUT2D eigenvalue weighted by Gasteiger charge is 2.59. The Bertz CT molecular complexity index is 258. The summed E-state index contributed by atoms with van der Waals surface area (Å²) in [7, 11) is 0. The van der Waals surface area contributed by atoms with E-state index in [-0.39, 0.29) is 0 Å². The van der Waals surface area contributed by atoms with Crippen molar-refractivity contribution in [3.8, 4) is 0 Å². The predicted molar refractivity (Wildman–Crippen MR) is 60.5 cm³/mol. The maximum Gasteiger partial charge on any atom is 0.300 e. The fraction of sp³-hybridized carbons (Fsp3) is 0.917. The smallest absolute Gasteiger partial charge is 0.300 e. The Morgan fingerprint density at radius 1 is 1.40 bits per heavy atom. The number of rotatable bonds is 0. The summed E-state index contributed by atoms with van der Waals surface area (Å²) in [5.41, 5.74) is 7.08. The van der Waals surface area contributed by atoms with Gasteiger partial charge in [-0.1, -0.05) is 20.8 Å². The van der Waals surface area contributed by atoms with Gasteiger partial charge < -0.3 is 10.8 Å². The van der Waals surface area contributed by atoms with E-state index in [0.29, 0.717) is 16.9 Å². The molecule has 2 saturated carbocycles. The zero-order valence-corrected chi connectivity index (χ0v) is 10.2. The van der Waals surface area contributed by atoms with Crippen LogP contribution in [0.1, 0.15) is 47.0 Å². The summed E-state index contributed by atoms with van der Waals surface area (Å²) < 4.78 is 0. The van der Waals surface area contributed by atoms with E-state index >= 15 is 0 Å². The van der Waals surface area contributed by atoms with Crippen molar-refractivity contribution in [3.05, 3.63) is 0 Å². The zero-order chi connectivity index (χ0) is 11.9. The molecule has 0 saturated heterocycles. The van der Waals surface area contributed by atoms with Gasteiger partial charge in [-0.2, -0.15) is 0 Å². The molecule has 3 heteroatoms. The highest BCUT2D eigenvalue weighted by atomic mass is 16.4. The van der Waals surface area contributed by atoms with Crippen LogP contribution in [0.25, 0.3) is 0 Å². The van der Waals surface area contributed by atoms with Crippen molar-refractivity contribution in [2.75, 3.05) is 0 Å². The normalized spacial score (nSPS) is 40.9. The number of aliphatic carboxylic acids is 1. The molecule has 0 aliphatic heterocycles. The molecule has 0 aromatic heterocycles. The van der Waals surface area contributed by atoms with Gasteiger partial charge in [0.15, 0.2) is 0 Å². The molecule has 2 bridgehead atoms. The second-order valence-corrected chi connectivity index (χ2v) is 5.74. The molecule has 2 aliphatic rings. The second kappa shape index (κ2) is 3.78. The average molecular weight is 213 g/mol. The van der Waals surface area contributed by atoms with E-state index in [0.717, 1.165) is 12.8 Å². The first-order valence-corrected chi connectivity index (χ1v) is 5.67. The first-order chi connectivity index (χ1) is 6.72. The second-order valence-electron chi connectivity index (χ2n) is 5.74. The molecule has 0 heterocycles. The largest absolute Gasteiger partial charge is 0.481 e. The van der Waals surface area contributed by atoms with Crippen LogP contribution in [0.4, 0.5) is 0 Å². The fourth-order valence-electron chi connectivity index (χ4n) is 3.27. The van der Waals surface area contributed by atoms with Gasteiger partial charge in [-0.05, 0) is 36.0 Å². The van der Waals surface area contributed by atoms with E-state index in [1.807, 2.05) is 0 Å². The maximum absolute atomic E-state index is 9.00. The van der Waals surface area contributed by atoms with Crippen LogP contribution in [0, 0.1) is 16.7 Å².